The lowest BCUT2D eigenvalue weighted by molar-refractivity contribution is 0.356. The quantitative estimate of drug-likeness (QED) is 0.330. The maximum atomic E-state index is 11.7. The fourth-order valence-electron chi connectivity index (χ4n) is 1.46. The first-order valence-corrected chi connectivity index (χ1v) is 6.92. The van der Waals surface area contributed by atoms with Gasteiger partial charge in [-0.3, -0.25) is 5.11 Å². The van der Waals surface area contributed by atoms with E-state index in [2.05, 4.69) is 0 Å². The molecule has 0 saturated carbocycles. The predicted molar refractivity (Wildman–Crippen MR) is 79.2 cm³/mol. The molecule has 18 heavy (non-hydrogen) atoms. The van der Waals surface area contributed by atoms with Crippen molar-refractivity contribution < 1.29 is 5.11 Å². The number of rotatable bonds is 0. The van der Waals surface area contributed by atoms with E-state index in [4.69, 9.17) is 81.2 Å². The number of hydrogen-bond donors (Lipinski definition) is 0. The molecule has 0 atom stereocenters. The third-order valence-electron chi connectivity index (χ3n) is 2.30. The summed E-state index contributed by atoms with van der Waals surface area (Å²) in [6, 6.07) is 0. The Kier molecular flexibility index (Phi) is 4.26. The van der Waals surface area contributed by atoms with Crippen LogP contribution in [0.2, 0.25) is 35.2 Å². The van der Waals surface area contributed by atoms with E-state index >= 15 is 0 Å². The molecular weight excluding hydrogens is 384 g/mol. The highest BCUT2D eigenvalue weighted by Gasteiger charge is 2.25. The van der Waals surface area contributed by atoms with Crippen molar-refractivity contribution in [3.63, 3.8) is 0 Å². The van der Waals surface area contributed by atoms with Gasteiger partial charge in [-0.15, -0.1) is 0 Å². The molecule has 2 rings (SSSR count). The predicted octanol–water partition coefficient (Wildman–Crippen LogP) is 7.56. The van der Waals surface area contributed by atoms with Gasteiger partial charge >= 0.3 is 0 Å². The van der Waals surface area contributed by atoms with Crippen molar-refractivity contribution in [2.24, 2.45) is 0 Å². The Morgan fingerprint density at radius 1 is 0.444 bits per heavy atom. The van der Waals surface area contributed by atoms with Crippen LogP contribution in [0.15, 0.2) is 0 Å². The first-order valence-electron chi connectivity index (χ1n) is 4.28. The van der Waals surface area contributed by atoms with Crippen LogP contribution in [0.5, 0.6) is 5.75 Å². The summed E-state index contributed by atoms with van der Waals surface area (Å²) in [5, 5.41) is 11.6. The van der Waals surface area contributed by atoms with Crippen LogP contribution >= 0.6 is 81.2 Å². The minimum Gasteiger partial charge on any atom is -0.287 e. The lowest BCUT2D eigenvalue weighted by Crippen LogP contribution is -1.86. The minimum absolute atomic E-state index is 0.00160. The highest BCUT2D eigenvalue weighted by Crippen LogP contribution is 2.53. The lowest BCUT2D eigenvalue weighted by atomic mass is 10.1. The molecular formula is C10Cl7O. The van der Waals surface area contributed by atoms with Crippen molar-refractivity contribution in [3.05, 3.63) is 35.2 Å². The SMILES string of the molecule is [O]c1c(Cl)c(Cl)c2c(Cl)c(Cl)c(Cl)c(Cl)c2c1Cl. The molecule has 1 nitrogen and oxygen atoms in total. The Balaban J connectivity index is 3.22. The second kappa shape index (κ2) is 5.14. The number of halogens is 7. The van der Waals surface area contributed by atoms with Gasteiger partial charge in [-0.25, -0.2) is 0 Å². The Bertz CT molecular complexity index is 567. The maximum Gasteiger partial charge on any atom is 0.217 e. The normalized spacial score (nSPS) is 11.3. The molecule has 0 bridgehead atoms. The largest absolute Gasteiger partial charge is 0.287 e. The van der Waals surface area contributed by atoms with Gasteiger partial charge in [-0.1, -0.05) is 81.2 Å². The standard InChI is InChI=1S/C10Cl7O/c11-3-1-2(4(12)8(16)7(3)15)6(14)10(18)9(17)5(1)13. The van der Waals surface area contributed by atoms with Gasteiger partial charge in [0.05, 0.1) is 30.1 Å². The zero-order chi connectivity index (χ0) is 13.8. The van der Waals surface area contributed by atoms with Crippen LogP contribution in [0.25, 0.3) is 10.8 Å². The summed E-state index contributed by atoms with van der Waals surface area (Å²) in [6.45, 7) is 0. The molecule has 0 heterocycles. The Morgan fingerprint density at radius 3 is 1.22 bits per heavy atom. The molecule has 8 heteroatoms. The van der Waals surface area contributed by atoms with E-state index in [-0.39, 0.29) is 45.9 Å². The summed E-state index contributed by atoms with van der Waals surface area (Å²) in [4.78, 5) is 0. The van der Waals surface area contributed by atoms with Crippen LogP contribution in [-0.2, 0) is 5.11 Å². The summed E-state index contributed by atoms with van der Waals surface area (Å²) in [6.07, 6.45) is 0. The molecule has 0 unspecified atom stereocenters. The Morgan fingerprint density at radius 2 is 0.778 bits per heavy atom. The first kappa shape index (κ1) is 14.9. The average molecular weight is 384 g/mol. The van der Waals surface area contributed by atoms with Gasteiger partial charge < -0.3 is 0 Å². The van der Waals surface area contributed by atoms with Gasteiger partial charge in [0, 0.05) is 10.8 Å². The summed E-state index contributed by atoms with van der Waals surface area (Å²) in [7, 11) is 0. The number of benzene rings is 2. The summed E-state index contributed by atoms with van der Waals surface area (Å²) in [5.74, 6) is -0.646. The number of hydrogen-bond acceptors (Lipinski definition) is 0. The molecule has 2 aromatic carbocycles. The van der Waals surface area contributed by atoms with Gasteiger partial charge in [-0.2, -0.15) is 0 Å². The van der Waals surface area contributed by atoms with Crippen molar-refractivity contribution in [3.8, 4) is 5.75 Å². The van der Waals surface area contributed by atoms with Crippen LogP contribution in [0.1, 0.15) is 0 Å². The van der Waals surface area contributed by atoms with Crippen molar-refractivity contribution in [1.82, 2.24) is 0 Å². The smallest absolute Gasteiger partial charge is 0.217 e. The molecule has 0 aliphatic rings. The van der Waals surface area contributed by atoms with E-state index in [1.165, 1.54) is 0 Å². The van der Waals surface area contributed by atoms with Crippen molar-refractivity contribution >= 4 is 92.0 Å². The summed E-state index contributed by atoms with van der Waals surface area (Å²) >= 11 is 41.5. The van der Waals surface area contributed by atoms with Crippen LogP contribution in [0, 0.1) is 0 Å². The first-order chi connectivity index (χ1) is 8.29. The molecule has 0 aromatic heterocycles. The molecule has 0 amide bonds. The fourth-order valence-corrected chi connectivity index (χ4v) is 3.40. The van der Waals surface area contributed by atoms with E-state index < -0.39 is 5.75 Å². The van der Waals surface area contributed by atoms with Crippen molar-refractivity contribution in [1.29, 1.82) is 0 Å². The number of fused-ring (bicyclic) bond motifs is 1. The monoisotopic (exact) mass is 381 g/mol. The van der Waals surface area contributed by atoms with Crippen LogP contribution in [0.3, 0.4) is 0 Å². The molecule has 1 radical (unpaired) electrons. The van der Waals surface area contributed by atoms with Gasteiger partial charge in [0.1, 0.15) is 5.02 Å². The molecule has 0 fully saturated rings. The van der Waals surface area contributed by atoms with E-state index in [1.54, 1.807) is 0 Å². The molecule has 0 aliphatic heterocycles. The van der Waals surface area contributed by atoms with Crippen LogP contribution < -0.4 is 0 Å². The molecule has 0 aliphatic carbocycles. The zero-order valence-corrected chi connectivity index (χ0v) is 13.3. The Hall–Kier alpha value is 0.530. The van der Waals surface area contributed by atoms with Gasteiger partial charge in [0.15, 0.2) is 0 Å². The van der Waals surface area contributed by atoms with Crippen LogP contribution in [0.4, 0.5) is 0 Å². The summed E-state index contributed by atoms with van der Waals surface area (Å²) in [5.41, 5.74) is 0. The molecule has 0 N–H and O–H groups in total. The highest BCUT2D eigenvalue weighted by molar-refractivity contribution is 6.59. The molecule has 95 valence electrons. The van der Waals surface area contributed by atoms with Crippen molar-refractivity contribution in [2.75, 3.05) is 0 Å². The van der Waals surface area contributed by atoms with E-state index in [0.29, 0.717) is 0 Å². The second-order valence-electron chi connectivity index (χ2n) is 3.28. The maximum absolute atomic E-state index is 11.7. The van der Waals surface area contributed by atoms with Gasteiger partial charge in [0.2, 0.25) is 5.75 Å². The summed E-state index contributed by atoms with van der Waals surface area (Å²) < 4.78 is 0. The van der Waals surface area contributed by atoms with E-state index in [1.807, 2.05) is 0 Å². The average Bonchev–Trinajstić information content (AvgIpc) is 2.35. The highest BCUT2D eigenvalue weighted by atomic mass is 35.5. The molecule has 0 saturated heterocycles. The van der Waals surface area contributed by atoms with Crippen molar-refractivity contribution in [2.45, 2.75) is 0 Å². The third-order valence-corrected chi connectivity index (χ3v) is 5.30. The Labute approximate surface area is 137 Å². The minimum atomic E-state index is -0.646. The van der Waals surface area contributed by atoms with E-state index in [0.717, 1.165) is 0 Å². The molecule has 2 aromatic rings. The van der Waals surface area contributed by atoms with Gasteiger partial charge in [0.25, 0.3) is 0 Å². The fraction of sp³-hybridized carbons (Fsp3) is 0. The third kappa shape index (κ3) is 2.01. The lowest BCUT2D eigenvalue weighted by Gasteiger charge is -2.13. The zero-order valence-electron chi connectivity index (χ0n) is 8.05. The topological polar surface area (TPSA) is 19.9 Å². The van der Waals surface area contributed by atoms with Crippen LogP contribution in [-0.4, -0.2) is 0 Å². The molecule has 0 spiro atoms. The van der Waals surface area contributed by atoms with Gasteiger partial charge in [-0.05, 0) is 0 Å². The second-order valence-corrected chi connectivity index (χ2v) is 5.92. The van der Waals surface area contributed by atoms with E-state index in [9.17, 15) is 5.11 Å².